The number of pyridine rings is 1. The Morgan fingerprint density at radius 3 is 2.65 bits per heavy atom. The van der Waals surface area contributed by atoms with Crippen molar-refractivity contribution in [3.63, 3.8) is 0 Å². The Hall–Kier alpha value is -3.50. The van der Waals surface area contributed by atoms with Crippen molar-refractivity contribution in [1.82, 2.24) is 19.5 Å². The van der Waals surface area contributed by atoms with Crippen molar-refractivity contribution in [3.8, 4) is 12.1 Å². The average molecular weight is 433 g/mol. The fourth-order valence-corrected chi connectivity index (χ4v) is 5.80. The van der Waals surface area contributed by atoms with E-state index in [4.69, 9.17) is 5.26 Å². The highest BCUT2D eigenvalue weighted by molar-refractivity contribution is 7.18. The summed E-state index contributed by atoms with van der Waals surface area (Å²) in [5.74, 6) is 0.571. The minimum Gasteiger partial charge on any atom is -0.368 e. The zero-order chi connectivity index (χ0) is 21.7. The third-order valence-corrected chi connectivity index (χ3v) is 7.38. The van der Waals surface area contributed by atoms with Gasteiger partial charge in [0.25, 0.3) is 5.56 Å². The number of piperidine rings is 1. The molecule has 156 valence electrons. The summed E-state index contributed by atoms with van der Waals surface area (Å²) in [5.41, 5.74) is 2.27. The number of hydrogen-bond donors (Lipinski definition) is 0. The molecule has 0 amide bonds. The van der Waals surface area contributed by atoms with Crippen LogP contribution >= 0.6 is 11.3 Å². The molecule has 10 heteroatoms. The lowest BCUT2D eigenvalue weighted by Gasteiger charge is -2.39. The predicted octanol–water partition coefficient (Wildman–Crippen LogP) is 1.94. The van der Waals surface area contributed by atoms with Crippen molar-refractivity contribution in [2.24, 2.45) is 13.0 Å². The number of rotatable bonds is 2. The molecule has 0 aliphatic carbocycles. The first-order chi connectivity index (χ1) is 15.0. The molecule has 5 heterocycles. The Kier molecular flexibility index (Phi) is 4.60. The van der Waals surface area contributed by atoms with Gasteiger partial charge in [-0.05, 0) is 25.7 Å². The molecule has 0 aromatic carbocycles. The van der Waals surface area contributed by atoms with E-state index >= 15 is 0 Å². The third-order valence-electron chi connectivity index (χ3n) is 6.33. The second-order valence-electron chi connectivity index (χ2n) is 8.01. The van der Waals surface area contributed by atoms with Crippen molar-refractivity contribution < 1.29 is 0 Å². The number of nitrogens with zero attached hydrogens (tertiary/aromatic N) is 8. The molecule has 3 aromatic rings. The molecule has 0 saturated carbocycles. The second kappa shape index (κ2) is 7.33. The molecular weight excluding hydrogens is 412 g/mol. The van der Waals surface area contributed by atoms with E-state index in [2.05, 4.69) is 30.8 Å². The van der Waals surface area contributed by atoms with Crippen LogP contribution in [-0.2, 0) is 7.05 Å². The van der Waals surface area contributed by atoms with Gasteiger partial charge in [0, 0.05) is 32.7 Å². The molecule has 0 unspecified atom stereocenters. The van der Waals surface area contributed by atoms with Crippen molar-refractivity contribution in [1.29, 1.82) is 10.5 Å². The number of aryl methyl sites for hydroxylation is 2. The number of anilines is 2. The zero-order valence-electron chi connectivity index (χ0n) is 17.2. The summed E-state index contributed by atoms with van der Waals surface area (Å²) >= 11 is 1.48. The topological polar surface area (TPSA) is 115 Å². The van der Waals surface area contributed by atoms with E-state index in [1.807, 2.05) is 13.0 Å². The van der Waals surface area contributed by atoms with E-state index in [1.54, 1.807) is 19.4 Å². The Bertz CT molecular complexity index is 1310. The van der Waals surface area contributed by atoms with Crippen LogP contribution in [-0.4, -0.2) is 45.2 Å². The molecule has 0 bridgehead atoms. The van der Waals surface area contributed by atoms with Crippen LogP contribution in [0.3, 0.4) is 0 Å². The Morgan fingerprint density at radius 2 is 1.94 bits per heavy atom. The van der Waals surface area contributed by atoms with Crippen LogP contribution in [0.5, 0.6) is 0 Å². The monoisotopic (exact) mass is 432 g/mol. The van der Waals surface area contributed by atoms with Crippen molar-refractivity contribution >= 4 is 33.1 Å². The molecule has 5 rings (SSSR count). The number of aromatic nitrogens is 4. The highest BCUT2D eigenvalue weighted by Gasteiger charge is 2.40. The van der Waals surface area contributed by atoms with E-state index in [0.717, 1.165) is 53.5 Å². The van der Waals surface area contributed by atoms with Gasteiger partial charge in [-0.1, -0.05) is 0 Å². The molecule has 9 nitrogen and oxygen atoms in total. The minimum absolute atomic E-state index is 0.173. The Morgan fingerprint density at radius 1 is 1.16 bits per heavy atom. The highest BCUT2D eigenvalue weighted by atomic mass is 32.1. The number of fused-ring (bicyclic) bond motifs is 2. The van der Waals surface area contributed by atoms with Crippen LogP contribution in [0, 0.1) is 35.5 Å². The lowest BCUT2D eigenvalue weighted by atomic mass is 9.92. The minimum atomic E-state index is -0.265. The summed E-state index contributed by atoms with van der Waals surface area (Å²) in [6.45, 7) is 4.32. The summed E-state index contributed by atoms with van der Waals surface area (Å²) in [4.78, 5) is 31.1. The second-order valence-corrected chi connectivity index (χ2v) is 9.19. The van der Waals surface area contributed by atoms with Gasteiger partial charge >= 0.3 is 0 Å². The van der Waals surface area contributed by atoms with Crippen LogP contribution in [0.1, 0.15) is 29.2 Å². The molecule has 0 radical (unpaired) electrons. The van der Waals surface area contributed by atoms with Crippen LogP contribution in [0.2, 0.25) is 0 Å². The van der Waals surface area contributed by atoms with Crippen molar-refractivity contribution in [2.75, 3.05) is 29.4 Å². The first kappa shape index (κ1) is 19.5. The van der Waals surface area contributed by atoms with Crippen molar-refractivity contribution in [2.45, 2.75) is 25.8 Å². The van der Waals surface area contributed by atoms with Crippen LogP contribution in [0.25, 0.3) is 10.3 Å². The summed E-state index contributed by atoms with van der Waals surface area (Å²) in [7, 11) is 1.70. The van der Waals surface area contributed by atoms with Crippen LogP contribution in [0.4, 0.5) is 11.4 Å². The van der Waals surface area contributed by atoms with Gasteiger partial charge in [-0.2, -0.15) is 10.5 Å². The number of hydrogen-bond acceptors (Lipinski definition) is 9. The van der Waals surface area contributed by atoms with E-state index in [0.29, 0.717) is 17.6 Å². The van der Waals surface area contributed by atoms with E-state index in [9.17, 15) is 10.1 Å². The number of nitriles is 2. The van der Waals surface area contributed by atoms with Gasteiger partial charge in [0.15, 0.2) is 0 Å². The average Bonchev–Trinajstić information content (AvgIpc) is 3.39. The zero-order valence-corrected chi connectivity index (χ0v) is 18.1. The predicted molar refractivity (Wildman–Crippen MR) is 117 cm³/mol. The molecule has 2 saturated heterocycles. The largest absolute Gasteiger partial charge is 0.368 e. The van der Waals surface area contributed by atoms with Gasteiger partial charge in [0.1, 0.15) is 28.0 Å². The SMILES string of the molecule is Cc1nc2c(N3CC[C@H]4[C@H](CCN4c4cnc(C#N)nc4)C3)c(C#N)c(=O)n(C)c2s1. The Labute approximate surface area is 182 Å². The fraction of sp³-hybridized carbons (Fsp3) is 0.429. The lowest BCUT2D eigenvalue weighted by Crippen LogP contribution is -2.47. The lowest BCUT2D eigenvalue weighted by molar-refractivity contribution is 0.396. The molecule has 2 atom stereocenters. The first-order valence-electron chi connectivity index (χ1n) is 10.2. The highest BCUT2D eigenvalue weighted by Crippen LogP contribution is 2.39. The summed E-state index contributed by atoms with van der Waals surface area (Å²) < 4.78 is 1.54. The first-order valence-corrected chi connectivity index (χ1v) is 11.0. The van der Waals surface area contributed by atoms with Gasteiger partial charge < -0.3 is 14.4 Å². The number of thiazole rings is 1. The van der Waals surface area contributed by atoms with Crippen LogP contribution < -0.4 is 15.4 Å². The van der Waals surface area contributed by atoms with Crippen LogP contribution in [0.15, 0.2) is 17.2 Å². The molecule has 2 fully saturated rings. The molecular formula is C21H20N8OS. The standard InChI is InChI=1S/C21H20N8OS/c1-12-26-18-19(15(7-22)20(30)27(2)21(18)31-12)28-5-4-16-13(11-28)3-6-29(16)14-9-24-17(8-23)25-10-14/h9-10,13,16H,3-6,11H2,1-2H3/t13-,16+/m1/s1. The normalized spacial score (nSPS) is 20.5. The molecule has 2 aliphatic heterocycles. The molecule has 0 spiro atoms. The molecule has 31 heavy (non-hydrogen) atoms. The quantitative estimate of drug-likeness (QED) is 0.603. The van der Waals surface area contributed by atoms with Gasteiger partial charge in [-0.15, -0.1) is 11.3 Å². The summed E-state index contributed by atoms with van der Waals surface area (Å²) in [6, 6.07) is 4.44. The van der Waals surface area contributed by atoms with Crippen molar-refractivity contribution in [3.05, 3.63) is 39.1 Å². The van der Waals surface area contributed by atoms with Gasteiger partial charge in [0.2, 0.25) is 5.82 Å². The maximum absolute atomic E-state index is 12.9. The third kappa shape index (κ3) is 3.03. The van der Waals surface area contributed by atoms with Gasteiger partial charge in [-0.25, -0.2) is 15.0 Å². The van der Waals surface area contributed by atoms with Gasteiger partial charge in [0.05, 0.1) is 28.8 Å². The summed E-state index contributed by atoms with van der Waals surface area (Å²) in [5, 5.41) is 19.6. The summed E-state index contributed by atoms with van der Waals surface area (Å²) in [6.07, 6.45) is 5.34. The van der Waals surface area contributed by atoms with E-state index < -0.39 is 0 Å². The Balaban J connectivity index is 1.48. The van der Waals surface area contributed by atoms with Gasteiger partial charge in [-0.3, -0.25) is 4.79 Å². The fourth-order valence-electron chi connectivity index (χ4n) is 4.92. The maximum atomic E-state index is 12.9. The maximum Gasteiger partial charge on any atom is 0.271 e. The molecule has 2 aliphatic rings. The molecule has 3 aromatic heterocycles. The van der Waals surface area contributed by atoms with E-state index in [1.165, 1.54) is 15.9 Å². The smallest absolute Gasteiger partial charge is 0.271 e. The van der Waals surface area contributed by atoms with E-state index in [-0.39, 0.29) is 16.9 Å². The molecule has 0 N–H and O–H groups in total.